The highest BCUT2D eigenvalue weighted by Gasteiger charge is 2.30. The number of imidazole rings is 1. The molecule has 126 valence electrons. The summed E-state index contributed by atoms with van der Waals surface area (Å²) >= 11 is 0. The summed E-state index contributed by atoms with van der Waals surface area (Å²) in [6, 6.07) is 3.37. The molecule has 0 radical (unpaired) electrons. The Morgan fingerprint density at radius 1 is 1.29 bits per heavy atom. The van der Waals surface area contributed by atoms with Crippen LogP contribution >= 0.6 is 0 Å². The number of benzene rings is 1. The third-order valence-corrected chi connectivity index (χ3v) is 4.85. The third kappa shape index (κ3) is 2.96. The minimum absolute atomic E-state index is 0.0472. The minimum Gasteiger partial charge on any atom is -0.507 e. The maximum Gasteiger partial charge on any atom is 0.123 e. The fourth-order valence-corrected chi connectivity index (χ4v) is 3.58. The third-order valence-electron chi connectivity index (χ3n) is 4.85. The van der Waals surface area contributed by atoms with Crippen LogP contribution in [0.3, 0.4) is 0 Å². The number of nitrogens with zero attached hydrogens (tertiary/aromatic N) is 2. The summed E-state index contributed by atoms with van der Waals surface area (Å²) in [4.78, 5) is 4.28. The van der Waals surface area contributed by atoms with Crippen molar-refractivity contribution in [2.24, 2.45) is 13.0 Å². The van der Waals surface area contributed by atoms with E-state index < -0.39 is 0 Å². The molecule has 4 nitrogen and oxygen atoms in total. The number of allylic oxidation sites excluding steroid dienone is 3. The molecule has 2 N–H and O–H groups in total. The molecule has 1 aromatic carbocycles. The van der Waals surface area contributed by atoms with Crippen LogP contribution in [0.5, 0.6) is 11.5 Å². The molecule has 0 bridgehead atoms. The van der Waals surface area contributed by atoms with Gasteiger partial charge in [-0.05, 0) is 44.7 Å². The molecule has 2 atom stereocenters. The van der Waals surface area contributed by atoms with Gasteiger partial charge in [0.05, 0.1) is 12.0 Å². The van der Waals surface area contributed by atoms with Crippen LogP contribution in [0.2, 0.25) is 0 Å². The van der Waals surface area contributed by atoms with E-state index in [4.69, 9.17) is 0 Å². The second-order valence-corrected chi connectivity index (χ2v) is 6.88. The maximum absolute atomic E-state index is 10.6. The first-order valence-corrected chi connectivity index (χ1v) is 8.23. The molecule has 0 unspecified atom stereocenters. The summed E-state index contributed by atoms with van der Waals surface area (Å²) in [5, 5.41) is 21.2. The monoisotopic (exact) mass is 324 g/mol. The van der Waals surface area contributed by atoms with Crippen LogP contribution in [0.15, 0.2) is 48.5 Å². The Labute approximate surface area is 142 Å². The van der Waals surface area contributed by atoms with E-state index >= 15 is 0 Å². The van der Waals surface area contributed by atoms with Gasteiger partial charge in [0.2, 0.25) is 0 Å². The smallest absolute Gasteiger partial charge is 0.123 e. The molecular formula is C20H24N2O2. The van der Waals surface area contributed by atoms with Gasteiger partial charge < -0.3 is 14.8 Å². The number of hydrogen-bond acceptors (Lipinski definition) is 3. The molecular weight excluding hydrogens is 300 g/mol. The van der Waals surface area contributed by atoms with Gasteiger partial charge in [-0.2, -0.15) is 0 Å². The molecule has 0 amide bonds. The lowest BCUT2D eigenvalue weighted by Gasteiger charge is -2.31. The molecule has 24 heavy (non-hydrogen) atoms. The molecule has 0 aliphatic heterocycles. The zero-order valence-electron chi connectivity index (χ0n) is 14.5. The van der Waals surface area contributed by atoms with E-state index in [1.165, 1.54) is 5.57 Å². The number of hydrogen-bond donors (Lipinski definition) is 2. The molecule has 1 aliphatic rings. The number of phenolic OH excluding ortho intramolecular Hbond substituents is 2. The molecule has 3 rings (SSSR count). The highest BCUT2D eigenvalue weighted by molar-refractivity contribution is 5.66. The van der Waals surface area contributed by atoms with E-state index in [-0.39, 0.29) is 23.3 Å². The number of phenols is 2. The number of aromatic nitrogens is 2. The van der Waals surface area contributed by atoms with Crippen LogP contribution < -0.4 is 0 Å². The molecule has 1 aromatic heterocycles. The fourth-order valence-electron chi connectivity index (χ4n) is 3.58. The van der Waals surface area contributed by atoms with Crippen LogP contribution in [0.1, 0.15) is 38.2 Å². The van der Waals surface area contributed by atoms with Crippen LogP contribution in [0.4, 0.5) is 0 Å². The lowest BCUT2D eigenvalue weighted by molar-refractivity contribution is 0.407. The Balaban J connectivity index is 2.07. The molecule has 0 fully saturated rings. The molecule has 0 saturated heterocycles. The van der Waals surface area contributed by atoms with Crippen molar-refractivity contribution in [2.45, 2.75) is 32.6 Å². The SMILES string of the molecule is C=C(C)[C@@H]1CCC(C)=C[C@H]1c1c(O)cc(-c2cn(C)cn2)cc1O. The summed E-state index contributed by atoms with van der Waals surface area (Å²) in [6.45, 7) is 8.21. The van der Waals surface area contributed by atoms with Gasteiger partial charge in [-0.3, -0.25) is 0 Å². The van der Waals surface area contributed by atoms with Gasteiger partial charge in [0.1, 0.15) is 11.5 Å². The van der Waals surface area contributed by atoms with Crippen molar-refractivity contribution in [1.29, 1.82) is 0 Å². The predicted octanol–water partition coefficient (Wildman–Crippen LogP) is 4.51. The number of rotatable bonds is 3. The van der Waals surface area contributed by atoms with Crippen molar-refractivity contribution in [3.05, 3.63) is 54.0 Å². The van der Waals surface area contributed by atoms with E-state index in [0.717, 1.165) is 24.1 Å². The average molecular weight is 324 g/mol. The molecule has 0 saturated carbocycles. The largest absolute Gasteiger partial charge is 0.507 e. The molecule has 1 aliphatic carbocycles. The zero-order valence-corrected chi connectivity index (χ0v) is 14.5. The first-order valence-electron chi connectivity index (χ1n) is 8.23. The van der Waals surface area contributed by atoms with Crippen LogP contribution in [-0.4, -0.2) is 19.8 Å². The lowest BCUT2D eigenvalue weighted by Crippen LogP contribution is -2.17. The Bertz CT molecular complexity index is 794. The van der Waals surface area contributed by atoms with Crippen molar-refractivity contribution in [1.82, 2.24) is 9.55 Å². The van der Waals surface area contributed by atoms with Crippen molar-refractivity contribution in [3.8, 4) is 22.8 Å². The van der Waals surface area contributed by atoms with Gasteiger partial charge in [0, 0.05) is 30.3 Å². The second-order valence-electron chi connectivity index (χ2n) is 6.88. The maximum atomic E-state index is 10.6. The molecule has 1 heterocycles. The normalized spacial score (nSPS) is 20.7. The highest BCUT2D eigenvalue weighted by atomic mass is 16.3. The second kappa shape index (κ2) is 6.19. The van der Waals surface area contributed by atoms with E-state index in [0.29, 0.717) is 11.1 Å². The Morgan fingerprint density at radius 3 is 2.50 bits per heavy atom. The van der Waals surface area contributed by atoms with Gasteiger partial charge in [0.15, 0.2) is 0 Å². The topological polar surface area (TPSA) is 58.3 Å². The lowest BCUT2D eigenvalue weighted by atomic mass is 9.73. The van der Waals surface area contributed by atoms with Gasteiger partial charge >= 0.3 is 0 Å². The average Bonchev–Trinajstić information content (AvgIpc) is 2.93. The quantitative estimate of drug-likeness (QED) is 0.816. The Hall–Kier alpha value is -2.49. The van der Waals surface area contributed by atoms with Gasteiger partial charge in [-0.15, -0.1) is 0 Å². The zero-order chi connectivity index (χ0) is 17.4. The van der Waals surface area contributed by atoms with Crippen molar-refractivity contribution in [3.63, 3.8) is 0 Å². The Kier molecular flexibility index (Phi) is 4.22. The van der Waals surface area contributed by atoms with E-state index in [1.54, 1.807) is 18.5 Å². The first kappa shape index (κ1) is 16.4. The van der Waals surface area contributed by atoms with Gasteiger partial charge in [0.25, 0.3) is 0 Å². The molecule has 0 spiro atoms. The standard InChI is InChI=1S/C20H24N2O2/c1-12(2)15-6-5-13(3)7-16(15)20-18(23)8-14(9-19(20)24)17-10-22(4)11-21-17/h7-11,15-16,23-24H,1,5-6H2,2-4H3/t15-,16+/m0/s1. The molecule has 2 aromatic rings. The van der Waals surface area contributed by atoms with Crippen molar-refractivity contribution < 1.29 is 10.2 Å². The summed E-state index contributed by atoms with van der Waals surface area (Å²) < 4.78 is 1.83. The van der Waals surface area contributed by atoms with Crippen LogP contribution in [0.25, 0.3) is 11.3 Å². The summed E-state index contributed by atoms with van der Waals surface area (Å²) in [5.74, 6) is 0.399. The van der Waals surface area contributed by atoms with Crippen molar-refractivity contribution in [2.75, 3.05) is 0 Å². The predicted molar refractivity (Wildman–Crippen MR) is 96.0 cm³/mol. The Morgan fingerprint density at radius 2 is 1.96 bits per heavy atom. The minimum atomic E-state index is -0.0472. The summed E-state index contributed by atoms with van der Waals surface area (Å²) in [7, 11) is 1.89. The summed E-state index contributed by atoms with van der Waals surface area (Å²) in [5.41, 5.74) is 4.38. The first-order chi connectivity index (χ1) is 11.4. The van der Waals surface area contributed by atoms with E-state index in [2.05, 4.69) is 24.6 Å². The number of aryl methyl sites for hydroxylation is 1. The van der Waals surface area contributed by atoms with Gasteiger partial charge in [-0.25, -0.2) is 4.98 Å². The highest BCUT2D eigenvalue weighted by Crippen LogP contribution is 2.47. The summed E-state index contributed by atoms with van der Waals surface area (Å²) in [6.07, 6.45) is 7.72. The van der Waals surface area contributed by atoms with Crippen LogP contribution in [0, 0.1) is 5.92 Å². The fraction of sp³-hybridized carbons (Fsp3) is 0.350. The van der Waals surface area contributed by atoms with Crippen LogP contribution in [-0.2, 0) is 7.05 Å². The van der Waals surface area contributed by atoms with Gasteiger partial charge in [-0.1, -0.05) is 23.8 Å². The number of aromatic hydroxyl groups is 2. The van der Waals surface area contributed by atoms with E-state index in [9.17, 15) is 10.2 Å². The van der Waals surface area contributed by atoms with Crippen molar-refractivity contribution >= 4 is 0 Å². The molecule has 4 heteroatoms. The van der Waals surface area contributed by atoms with E-state index in [1.807, 2.05) is 24.7 Å².